The molecule has 0 saturated carbocycles. The van der Waals surface area contributed by atoms with Crippen LogP contribution in [0.25, 0.3) is 0 Å². The van der Waals surface area contributed by atoms with E-state index in [9.17, 15) is 18.0 Å². The van der Waals surface area contributed by atoms with E-state index in [-0.39, 0.29) is 30.3 Å². The van der Waals surface area contributed by atoms with Gasteiger partial charge in [-0.2, -0.15) is 0 Å². The van der Waals surface area contributed by atoms with Crippen LogP contribution in [0.1, 0.15) is 73.6 Å². The van der Waals surface area contributed by atoms with Crippen LogP contribution in [-0.2, 0) is 33.6 Å². The van der Waals surface area contributed by atoms with Crippen molar-refractivity contribution in [3.8, 4) is 0 Å². The minimum atomic E-state index is -3.77. The lowest BCUT2D eigenvalue weighted by Crippen LogP contribution is -2.53. The Morgan fingerprint density at radius 1 is 1.12 bits per heavy atom. The molecular weight excluding hydrogens is 655 g/mol. The average Bonchev–Trinajstić information content (AvgIpc) is 2.90. The summed E-state index contributed by atoms with van der Waals surface area (Å²) < 4.78 is 44.3. The van der Waals surface area contributed by atoms with Crippen molar-refractivity contribution in [2.75, 3.05) is 16.8 Å². The van der Waals surface area contributed by atoms with Crippen molar-refractivity contribution in [1.82, 2.24) is 0 Å². The topological polar surface area (TPSA) is 96.0 Å². The van der Waals surface area contributed by atoms with Gasteiger partial charge in [0.25, 0.3) is 0 Å². The zero-order valence-electron chi connectivity index (χ0n) is 25.2. The Balaban J connectivity index is 2.18. The smallest absolute Gasteiger partial charge is 0.314 e. The fourth-order valence-electron chi connectivity index (χ4n) is 4.69. The number of sulfone groups is 1. The summed E-state index contributed by atoms with van der Waals surface area (Å²) in [5, 5.41) is 0. The molecule has 1 fully saturated rings. The summed E-state index contributed by atoms with van der Waals surface area (Å²) in [4.78, 5) is 26.3. The molecule has 1 aromatic carbocycles. The third kappa shape index (κ3) is 11.4. The van der Waals surface area contributed by atoms with Crippen LogP contribution in [0.15, 0.2) is 70.7 Å². The highest BCUT2D eigenvalue weighted by atomic mass is 127. The molecule has 1 aromatic rings. The normalized spacial score (nSPS) is 21.4. The molecule has 1 saturated heterocycles. The second kappa shape index (κ2) is 16.1. The maximum atomic E-state index is 13.3. The van der Waals surface area contributed by atoms with Crippen molar-refractivity contribution in [1.29, 1.82) is 0 Å². The monoisotopic (exact) mass is 700 g/mol. The molecule has 7 nitrogen and oxygen atoms in total. The quantitative estimate of drug-likeness (QED) is 0.0488. The molecule has 41 heavy (non-hydrogen) atoms. The highest BCUT2D eigenvalue weighted by molar-refractivity contribution is 14.1. The molecule has 1 aliphatic heterocycles. The number of carbonyl (C=O) groups excluding carboxylic acids is 2. The van der Waals surface area contributed by atoms with Gasteiger partial charge in [0.1, 0.15) is 5.75 Å². The molecule has 0 aliphatic carbocycles. The number of Topliss-reactive ketones (excluding diaryl/α,β-unsaturated/α-hetero) is 1. The van der Waals surface area contributed by atoms with Crippen LogP contribution in [0.3, 0.4) is 0 Å². The third-order valence-electron chi connectivity index (χ3n) is 6.98. The van der Waals surface area contributed by atoms with Gasteiger partial charge in [-0.3, -0.25) is 9.59 Å². The SMILES string of the molecule is CCOC(=O)[C@@](C)(C/C=C(C)/C=C/CC/C=C(\C)CI)[C@H]1C[C@@H](CC(=O)CS(=O)(=O)c2ccccc2)OC(C)(C)O1. The highest BCUT2D eigenvalue weighted by Gasteiger charge is 2.49. The van der Waals surface area contributed by atoms with Gasteiger partial charge in [-0.15, -0.1) is 0 Å². The third-order valence-corrected chi connectivity index (χ3v) is 9.88. The van der Waals surface area contributed by atoms with Crippen LogP contribution in [0.5, 0.6) is 0 Å². The summed E-state index contributed by atoms with van der Waals surface area (Å²) in [5.74, 6) is -2.52. The van der Waals surface area contributed by atoms with Crippen molar-refractivity contribution in [2.45, 2.75) is 96.5 Å². The van der Waals surface area contributed by atoms with Crippen LogP contribution >= 0.6 is 22.6 Å². The van der Waals surface area contributed by atoms with Crippen LogP contribution in [0, 0.1) is 5.41 Å². The van der Waals surface area contributed by atoms with Gasteiger partial charge in [0.05, 0.1) is 29.1 Å². The standard InChI is InChI=1S/C32H45IO7S/c1-7-38-30(35)32(6,19-18-24(2)14-10-8-11-15-25(3)22-33)29-21-27(39-31(4,5)40-29)20-26(34)23-41(36,37)28-16-12-9-13-17-28/h9-10,12-18,27,29H,7-8,11,19-23H2,1-6H3/b14-10+,24-18+,25-15+/t27-,29-,32+/m1/s1. The number of allylic oxidation sites excluding steroid dienone is 6. The number of hydrogen-bond donors (Lipinski definition) is 0. The first kappa shape index (κ1) is 35.4. The molecule has 228 valence electrons. The second-order valence-electron chi connectivity index (χ2n) is 11.3. The minimum absolute atomic E-state index is 0.0999. The van der Waals surface area contributed by atoms with Gasteiger partial charge in [0.15, 0.2) is 21.4 Å². The Labute approximate surface area is 259 Å². The van der Waals surface area contributed by atoms with E-state index in [2.05, 4.69) is 47.7 Å². The van der Waals surface area contributed by atoms with Gasteiger partial charge in [-0.1, -0.05) is 76.2 Å². The molecule has 1 aliphatic rings. The Morgan fingerprint density at radius 2 is 1.80 bits per heavy atom. The van der Waals surface area contributed by atoms with E-state index in [0.717, 1.165) is 22.8 Å². The number of benzene rings is 1. The van der Waals surface area contributed by atoms with Crippen molar-refractivity contribution in [2.24, 2.45) is 5.41 Å². The summed E-state index contributed by atoms with van der Waals surface area (Å²) in [5.41, 5.74) is 1.36. The maximum absolute atomic E-state index is 13.3. The van der Waals surface area contributed by atoms with Crippen molar-refractivity contribution in [3.05, 3.63) is 65.8 Å². The first-order valence-corrected chi connectivity index (χ1v) is 17.3. The Hall–Kier alpha value is -1.82. The van der Waals surface area contributed by atoms with Crippen molar-refractivity contribution < 1.29 is 32.2 Å². The zero-order chi connectivity index (χ0) is 30.7. The molecule has 0 unspecified atom stereocenters. The average molecular weight is 701 g/mol. The van der Waals surface area contributed by atoms with Gasteiger partial charge in [-0.25, -0.2) is 8.42 Å². The van der Waals surface area contributed by atoms with Crippen LogP contribution in [0.2, 0.25) is 0 Å². The van der Waals surface area contributed by atoms with Crippen molar-refractivity contribution >= 4 is 44.2 Å². The summed E-state index contributed by atoms with van der Waals surface area (Å²) in [6.07, 6.45) is 9.67. The molecule has 0 amide bonds. The second-order valence-corrected chi connectivity index (χ2v) is 14.0. The number of alkyl halides is 1. The molecule has 3 atom stereocenters. The number of ether oxygens (including phenoxy) is 3. The fourth-order valence-corrected chi connectivity index (χ4v) is 6.28. The number of ketones is 1. The molecule has 0 spiro atoms. The minimum Gasteiger partial charge on any atom is -0.465 e. The maximum Gasteiger partial charge on any atom is 0.314 e. The predicted molar refractivity (Wildman–Crippen MR) is 171 cm³/mol. The van der Waals surface area contributed by atoms with Gasteiger partial charge in [-0.05, 0) is 72.9 Å². The fraction of sp³-hybridized carbons (Fsp3) is 0.562. The van der Waals surface area contributed by atoms with Gasteiger partial charge in [0.2, 0.25) is 0 Å². The summed E-state index contributed by atoms with van der Waals surface area (Å²) >= 11 is 2.36. The number of hydrogen-bond acceptors (Lipinski definition) is 7. The largest absolute Gasteiger partial charge is 0.465 e. The molecule has 9 heteroatoms. The number of unbranched alkanes of at least 4 members (excludes halogenated alkanes) is 1. The van der Waals surface area contributed by atoms with Crippen LogP contribution in [-0.4, -0.2) is 55.0 Å². The van der Waals surface area contributed by atoms with E-state index in [0.29, 0.717) is 6.42 Å². The van der Waals surface area contributed by atoms with Gasteiger partial charge >= 0.3 is 5.97 Å². The summed E-state index contributed by atoms with van der Waals surface area (Å²) in [7, 11) is -3.77. The molecule has 0 bridgehead atoms. The molecular formula is C32H45IO7S. The first-order valence-electron chi connectivity index (χ1n) is 14.1. The Kier molecular flexibility index (Phi) is 13.9. The van der Waals surface area contributed by atoms with E-state index in [4.69, 9.17) is 14.2 Å². The van der Waals surface area contributed by atoms with Gasteiger partial charge in [0, 0.05) is 17.3 Å². The predicted octanol–water partition coefficient (Wildman–Crippen LogP) is 6.95. The molecule has 0 aromatic heterocycles. The van der Waals surface area contributed by atoms with E-state index >= 15 is 0 Å². The number of halogens is 1. The number of esters is 1. The van der Waals surface area contributed by atoms with E-state index in [1.807, 2.05) is 19.9 Å². The Morgan fingerprint density at radius 3 is 2.44 bits per heavy atom. The lowest BCUT2D eigenvalue weighted by molar-refractivity contribution is -0.315. The van der Waals surface area contributed by atoms with Gasteiger partial charge < -0.3 is 14.2 Å². The molecule has 0 N–H and O–H groups in total. The lowest BCUT2D eigenvalue weighted by atomic mass is 9.77. The van der Waals surface area contributed by atoms with Crippen LogP contribution in [0.4, 0.5) is 0 Å². The first-order chi connectivity index (χ1) is 19.2. The van der Waals surface area contributed by atoms with Crippen LogP contribution < -0.4 is 0 Å². The summed E-state index contributed by atoms with van der Waals surface area (Å²) in [6, 6.07) is 7.93. The molecule has 1 heterocycles. The van der Waals surface area contributed by atoms with E-state index in [1.54, 1.807) is 39.0 Å². The number of rotatable bonds is 15. The summed E-state index contributed by atoms with van der Waals surface area (Å²) in [6.45, 7) is 11.4. The lowest BCUT2D eigenvalue weighted by Gasteiger charge is -2.46. The van der Waals surface area contributed by atoms with E-state index < -0.39 is 44.8 Å². The molecule has 0 radical (unpaired) electrons. The molecule has 2 rings (SSSR count). The van der Waals surface area contributed by atoms with E-state index in [1.165, 1.54) is 17.7 Å². The Bertz CT molecular complexity index is 1220. The zero-order valence-corrected chi connectivity index (χ0v) is 28.1. The highest BCUT2D eigenvalue weighted by Crippen LogP contribution is 2.41. The van der Waals surface area contributed by atoms with Crippen molar-refractivity contribution in [3.63, 3.8) is 0 Å². The number of carbonyl (C=O) groups is 2.